The van der Waals surface area contributed by atoms with E-state index in [1.807, 2.05) is 55.4 Å². The number of ketones is 4. The average Bonchev–Trinajstić information content (AvgIpc) is 2.75. The van der Waals surface area contributed by atoms with Gasteiger partial charge in [0.15, 0.2) is 23.1 Å². The van der Waals surface area contributed by atoms with Crippen molar-refractivity contribution in [3.05, 3.63) is 58.7 Å². The number of rotatable bonds is 9. The van der Waals surface area contributed by atoms with Crippen molar-refractivity contribution in [1.82, 2.24) is 0 Å². The van der Waals surface area contributed by atoms with E-state index in [9.17, 15) is 19.2 Å². The van der Waals surface area contributed by atoms with E-state index < -0.39 is 0 Å². The van der Waals surface area contributed by atoms with E-state index in [-0.39, 0.29) is 46.8 Å². The van der Waals surface area contributed by atoms with Crippen LogP contribution >= 0.6 is 0 Å². The van der Waals surface area contributed by atoms with Gasteiger partial charge in [0.05, 0.1) is 0 Å². The first-order valence-electron chi connectivity index (χ1n) is 11.3. The van der Waals surface area contributed by atoms with Crippen molar-refractivity contribution in [3.8, 4) is 11.1 Å². The molecule has 32 heavy (non-hydrogen) atoms. The minimum atomic E-state index is -0.223. The van der Waals surface area contributed by atoms with Gasteiger partial charge in [0.2, 0.25) is 0 Å². The van der Waals surface area contributed by atoms with Crippen molar-refractivity contribution in [1.29, 1.82) is 0 Å². The SMILES string of the molecule is CC(C)C(=O)c1cc(C(=O)C(C)C)cc(-c2cc(C(=O)C(C)C)cc(C(=O)C(C)C)c2)c1. The summed E-state index contributed by atoms with van der Waals surface area (Å²) in [5, 5.41) is 0. The molecule has 2 aromatic carbocycles. The van der Waals surface area contributed by atoms with Crippen molar-refractivity contribution >= 4 is 23.1 Å². The Morgan fingerprint density at radius 2 is 0.594 bits per heavy atom. The zero-order valence-electron chi connectivity index (χ0n) is 20.4. The summed E-state index contributed by atoms with van der Waals surface area (Å²) in [5.41, 5.74) is 3.13. The number of carbonyl (C=O) groups is 4. The van der Waals surface area contributed by atoms with Gasteiger partial charge in [0.25, 0.3) is 0 Å². The molecule has 0 atom stereocenters. The van der Waals surface area contributed by atoms with Crippen LogP contribution in [0.2, 0.25) is 0 Å². The third kappa shape index (κ3) is 5.67. The molecule has 0 amide bonds. The summed E-state index contributed by atoms with van der Waals surface area (Å²) in [4.78, 5) is 51.1. The second-order valence-electron chi connectivity index (χ2n) is 9.67. The Bertz CT molecular complexity index is 893. The van der Waals surface area contributed by atoms with Crippen molar-refractivity contribution in [2.75, 3.05) is 0 Å². The highest BCUT2D eigenvalue weighted by Crippen LogP contribution is 2.29. The molecule has 0 unspecified atom stereocenters. The zero-order valence-corrected chi connectivity index (χ0v) is 20.4. The Kier molecular flexibility index (Phi) is 8.06. The maximum atomic E-state index is 12.8. The molecule has 0 radical (unpaired) electrons. The van der Waals surface area contributed by atoms with Gasteiger partial charge in [-0.05, 0) is 47.5 Å². The minimum absolute atomic E-state index is 0.0578. The third-order valence-electron chi connectivity index (χ3n) is 5.43. The van der Waals surface area contributed by atoms with Crippen molar-refractivity contribution in [2.45, 2.75) is 55.4 Å². The lowest BCUT2D eigenvalue weighted by Crippen LogP contribution is -2.13. The summed E-state index contributed by atoms with van der Waals surface area (Å²) < 4.78 is 0. The first kappa shape index (κ1) is 25.4. The van der Waals surface area contributed by atoms with Gasteiger partial charge in [-0.25, -0.2) is 0 Å². The van der Waals surface area contributed by atoms with Gasteiger partial charge in [-0.1, -0.05) is 55.4 Å². The van der Waals surface area contributed by atoms with Gasteiger partial charge in [0.1, 0.15) is 0 Å². The van der Waals surface area contributed by atoms with Crippen LogP contribution in [0, 0.1) is 23.7 Å². The third-order valence-corrected chi connectivity index (χ3v) is 5.43. The van der Waals surface area contributed by atoms with Gasteiger partial charge >= 0.3 is 0 Å². The van der Waals surface area contributed by atoms with E-state index in [1.165, 1.54) is 0 Å². The molecule has 4 nitrogen and oxygen atoms in total. The lowest BCUT2D eigenvalue weighted by molar-refractivity contribution is 0.0924. The molecule has 0 aliphatic heterocycles. The molecule has 0 aromatic heterocycles. The minimum Gasteiger partial charge on any atom is -0.294 e. The average molecular weight is 435 g/mol. The monoisotopic (exact) mass is 434 g/mol. The van der Waals surface area contributed by atoms with Crippen LogP contribution in [-0.2, 0) is 0 Å². The molecule has 0 N–H and O–H groups in total. The standard InChI is InChI=1S/C28H34O4/c1-15(2)25(29)21-9-19(10-22(13-21)26(30)16(3)4)20-11-23(27(31)17(5)6)14-24(12-20)28(32)18(7)8/h9-18H,1-8H3. The number of hydrogen-bond donors (Lipinski definition) is 0. The second-order valence-corrected chi connectivity index (χ2v) is 9.67. The zero-order chi connectivity index (χ0) is 24.3. The fourth-order valence-electron chi connectivity index (χ4n) is 3.49. The molecule has 0 bridgehead atoms. The smallest absolute Gasteiger partial charge is 0.165 e. The summed E-state index contributed by atoms with van der Waals surface area (Å²) in [5.74, 6) is -1.12. The molecule has 0 fully saturated rings. The van der Waals surface area contributed by atoms with Gasteiger partial charge in [0, 0.05) is 45.9 Å². The first-order chi connectivity index (χ1) is 14.8. The van der Waals surface area contributed by atoms with Crippen LogP contribution in [-0.4, -0.2) is 23.1 Å². The summed E-state index contributed by atoms with van der Waals surface area (Å²) in [6.07, 6.45) is 0. The van der Waals surface area contributed by atoms with Crippen molar-refractivity contribution in [2.24, 2.45) is 23.7 Å². The van der Waals surface area contributed by atoms with E-state index in [0.29, 0.717) is 33.4 Å². The second kappa shape index (κ2) is 10.2. The molecule has 0 saturated carbocycles. The van der Waals surface area contributed by atoms with E-state index >= 15 is 0 Å². The molecule has 4 heteroatoms. The van der Waals surface area contributed by atoms with Crippen molar-refractivity contribution < 1.29 is 19.2 Å². The lowest BCUT2D eigenvalue weighted by Gasteiger charge is -2.15. The van der Waals surface area contributed by atoms with Crippen molar-refractivity contribution in [3.63, 3.8) is 0 Å². The van der Waals surface area contributed by atoms with Crippen LogP contribution in [0.1, 0.15) is 96.8 Å². The Morgan fingerprint density at radius 1 is 0.406 bits per heavy atom. The van der Waals surface area contributed by atoms with Gasteiger partial charge in [-0.2, -0.15) is 0 Å². The van der Waals surface area contributed by atoms with Crippen LogP contribution in [0.15, 0.2) is 36.4 Å². The predicted molar refractivity (Wildman–Crippen MR) is 129 cm³/mol. The van der Waals surface area contributed by atoms with Gasteiger partial charge in [-0.3, -0.25) is 19.2 Å². The molecule has 0 aliphatic carbocycles. The molecule has 2 rings (SSSR count). The number of benzene rings is 2. The summed E-state index contributed by atoms with van der Waals surface area (Å²) >= 11 is 0. The first-order valence-corrected chi connectivity index (χ1v) is 11.3. The fourth-order valence-corrected chi connectivity index (χ4v) is 3.49. The largest absolute Gasteiger partial charge is 0.294 e. The number of carbonyl (C=O) groups excluding carboxylic acids is 4. The topological polar surface area (TPSA) is 68.3 Å². The molecule has 170 valence electrons. The Morgan fingerprint density at radius 3 is 0.750 bits per heavy atom. The fraction of sp³-hybridized carbons (Fsp3) is 0.429. The summed E-state index contributed by atoms with van der Waals surface area (Å²) in [6.45, 7) is 14.6. The normalized spacial score (nSPS) is 11.5. The quantitative estimate of drug-likeness (QED) is 0.411. The van der Waals surface area contributed by atoms with Crippen LogP contribution in [0.4, 0.5) is 0 Å². The molecule has 0 heterocycles. The van der Waals surface area contributed by atoms with Crippen LogP contribution in [0.3, 0.4) is 0 Å². The molecule has 0 aliphatic rings. The van der Waals surface area contributed by atoms with Crippen LogP contribution in [0.25, 0.3) is 11.1 Å². The van der Waals surface area contributed by atoms with E-state index in [2.05, 4.69) is 0 Å². The lowest BCUT2D eigenvalue weighted by atomic mass is 9.88. The maximum absolute atomic E-state index is 12.8. The highest BCUT2D eigenvalue weighted by atomic mass is 16.1. The van der Waals surface area contributed by atoms with Gasteiger partial charge < -0.3 is 0 Å². The van der Waals surface area contributed by atoms with Crippen LogP contribution < -0.4 is 0 Å². The Labute approximate surface area is 191 Å². The molecule has 0 saturated heterocycles. The van der Waals surface area contributed by atoms with E-state index in [0.717, 1.165) is 0 Å². The molecular formula is C28H34O4. The number of Topliss-reactive ketones (excluding diaryl/α,β-unsaturated/α-hetero) is 4. The van der Waals surface area contributed by atoms with E-state index in [1.54, 1.807) is 36.4 Å². The molecule has 0 spiro atoms. The highest BCUT2D eigenvalue weighted by Gasteiger charge is 2.21. The maximum Gasteiger partial charge on any atom is 0.165 e. The van der Waals surface area contributed by atoms with Crippen LogP contribution in [0.5, 0.6) is 0 Å². The number of hydrogen-bond acceptors (Lipinski definition) is 4. The Hall–Kier alpha value is -2.88. The predicted octanol–water partition coefficient (Wildman–Crippen LogP) is 6.71. The molecule has 2 aromatic rings. The van der Waals surface area contributed by atoms with E-state index in [4.69, 9.17) is 0 Å². The summed E-state index contributed by atoms with van der Waals surface area (Å²) in [7, 11) is 0. The van der Waals surface area contributed by atoms with Gasteiger partial charge in [-0.15, -0.1) is 0 Å². The summed E-state index contributed by atoms with van der Waals surface area (Å²) in [6, 6.07) is 10.3. The Balaban J connectivity index is 2.81. The highest BCUT2D eigenvalue weighted by molar-refractivity contribution is 6.06. The molecular weight excluding hydrogens is 400 g/mol.